The molecule has 2 aromatic heterocycles. The standard InChI is InChI=1S/C28H22F6N6O3/c1-14-6-15(7-20(31)26(14)43-12-23-35-13-36-37-23)18-8-16(28(32,33)34)9-22-25(18)39(3)27(42)40(22)11-24(41)38(2)21-5-4-17(29)10-19(21)30/h4-10,13H,11-12H2,1-3H3,(H,35,36,37). The summed E-state index contributed by atoms with van der Waals surface area (Å²) in [6.07, 6.45) is -3.56. The number of ether oxygens (including phenoxy) is 1. The minimum atomic E-state index is -4.87. The van der Waals surface area contributed by atoms with Gasteiger partial charge in [-0.05, 0) is 54.4 Å². The second kappa shape index (κ2) is 11.0. The zero-order valence-corrected chi connectivity index (χ0v) is 22.8. The molecule has 0 bridgehead atoms. The molecule has 0 radical (unpaired) electrons. The van der Waals surface area contributed by atoms with E-state index in [4.69, 9.17) is 4.74 Å². The average Bonchev–Trinajstić information content (AvgIpc) is 3.54. The molecular weight excluding hydrogens is 582 g/mol. The van der Waals surface area contributed by atoms with Gasteiger partial charge in [0.25, 0.3) is 0 Å². The summed E-state index contributed by atoms with van der Waals surface area (Å²) in [5, 5.41) is 7.35. The predicted octanol–water partition coefficient (Wildman–Crippen LogP) is 5.11. The zero-order chi connectivity index (χ0) is 31.2. The van der Waals surface area contributed by atoms with Crippen LogP contribution in [0, 0.1) is 24.4 Å². The number of halogens is 6. The number of carbonyl (C=O) groups is 1. The molecule has 9 nitrogen and oxygen atoms in total. The van der Waals surface area contributed by atoms with E-state index in [-0.39, 0.29) is 45.8 Å². The van der Waals surface area contributed by atoms with E-state index in [0.29, 0.717) is 18.0 Å². The fourth-order valence-corrected chi connectivity index (χ4v) is 4.73. The lowest BCUT2D eigenvalue weighted by molar-refractivity contribution is -0.137. The minimum absolute atomic E-state index is 0.00413. The van der Waals surface area contributed by atoms with Crippen molar-refractivity contribution in [2.45, 2.75) is 26.3 Å². The Morgan fingerprint density at radius 1 is 1.07 bits per heavy atom. The molecule has 224 valence electrons. The van der Waals surface area contributed by atoms with Crippen LogP contribution in [0.4, 0.5) is 32.0 Å². The number of anilines is 1. The Kier molecular flexibility index (Phi) is 7.50. The van der Waals surface area contributed by atoms with E-state index >= 15 is 4.39 Å². The molecular formula is C28H22F6N6O3. The van der Waals surface area contributed by atoms with Crippen LogP contribution in [0.5, 0.6) is 5.75 Å². The Labute approximate surface area is 238 Å². The van der Waals surface area contributed by atoms with Crippen molar-refractivity contribution in [3.8, 4) is 16.9 Å². The van der Waals surface area contributed by atoms with Crippen molar-refractivity contribution in [1.82, 2.24) is 24.3 Å². The maximum Gasteiger partial charge on any atom is 0.416 e. The molecule has 0 spiro atoms. The van der Waals surface area contributed by atoms with Crippen LogP contribution in [0.1, 0.15) is 17.0 Å². The van der Waals surface area contributed by atoms with Crippen molar-refractivity contribution in [3.05, 3.63) is 93.7 Å². The zero-order valence-electron chi connectivity index (χ0n) is 22.8. The molecule has 43 heavy (non-hydrogen) atoms. The summed E-state index contributed by atoms with van der Waals surface area (Å²) >= 11 is 0. The van der Waals surface area contributed by atoms with E-state index in [0.717, 1.165) is 38.3 Å². The number of nitrogens with one attached hydrogen (secondary N) is 1. The summed E-state index contributed by atoms with van der Waals surface area (Å²) in [5.41, 5.74) is -2.42. The summed E-state index contributed by atoms with van der Waals surface area (Å²) in [6, 6.07) is 6.41. The highest BCUT2D eigenvalue weighted by Crippen LogP contribution is 2.39. The summed E-state index contributed by atoms with van der Waals surface area (Å²) in [6.45, 7) is 0.582. The highest BCUT2D eigenvalue weighted by atomic mass is 19.4. The Morgan fingerprint density at radius 3 is 2.44 bits per heavy atom. The molecule has 0 aliphatic rings. The molecule has 15 heteroatoms. The number of aromatic amines is 1. The average molecular weight is 605 g/mol. The SMILES string of the molecule is Cc1cc(-c2cc(C(F)(F)F)cc3c2n(C)c(=O)n3CC(=O)N(C)c2ccc(F)cc2F)cc(F)c1OCc1nnc[nH]1. The molecule has 0 aliphatic heterocycles. The van der Waals surface area contributed by atoms with Gasteiger partial charge in [0, 0.05) is 25.7 Å². The third-order valence-electron chi connectivity index (χ3n) is 6.86. The van der Waals surface area contributed by atoms with E-state index in [1.807, 2.05) is 0 Å². The van der Waals surface area contributed by atoms with Crippen molar-refractivity contribution in [1.29, 1.82) is 0 Å². The third kappa shape index (κ3) is 5.57. The molecule has 1 amide bonds. The lowest BCUT2D eigenvalue weighted by Crippen LogP contribution is -2.34. The van der Waals surface area contributed by atoms with Crippen LogP contribution in [0.25, 0.3) is 22.2 Å². The Bertz CT molecular complexity index is 1890. The van der Waals surface area contributed by atoms with Gasteiger partial charge < -0.3 is 14.6 Å². The van der Waals surface area contributed by atoms with Crippen LogP contribution in [0.15, 0.2) is 53.6 Å². The van der Waals surface area contributed by atoms with Crippen LogP contribution in [0.3, 0.4) is 0 Å². The molecule has 0 fully saturated rings. The fourth-order valence-electron chi connectivity index (χ4n) is 4.73. The number of benzene rings is 3. The van der Waals surface area contributed by atoms with Crippen molar-refractivity contribution in [2.75, 3.05) is 11.9 Å². The van der Waals surface area contributed by atoms with E-state index in [2.05, 4.69) is 15.2 Å². The second-order valence-electron chi connectivity index (χ2n) is 9.69. The first-order valence-corrected chi connectivity index (χ1v) is 12.6. The Hall–Kier alpha value is -5.08. The number of aryl methyl sites for hydroxylation is 2. The number of carbonyl (C=O) groups excluding carboxylic acids is 1. The number of hydrogen-bond acceptors (Lipinski definition) is 5. The molecule has 0 unspecified atom stereocenters. The van der Waals surface area contributed by atoms with Gasteiger partial charge in [0.2, 0.25) is 5.91 Å². The lowest BCUT2D eigenvalue weighted by atomic mass is 9.98. The summed E-state index contributed by atoms with van der Waals surface area (Å²) < 4.78 is 92.4. The van der Waals surface area contributed by atoms with Crippen molar-refractivity contribution in [3.63, 3.8) is 0 Å². The van der Waals surface area contributed by atoms with Gasteiger partial charge >= 0.3 is 11.9 Å². The number of likely N-dealkylation sites (N-methyl/N-ethyl adjacent to an activating group) is 1. The Morgan fingerprint density at radius 2 is 1.81 bits per heavy atom. The number of fused-ring (bicyclic) bond motifs is 1. The molecule has 5 rings (SSSR count). The van der Waals surface area contributed by atoms with Crippen LogP contribution in [-0.4, -0.2) is 37.3 Å². The molecule has 3 aromatic carbocycles. The van der Waals surface area contributed by atoms with Gasteiger partial charge in [-0.3, -0.25) is 13.9 Å². The maximum atomic E-state index is 15.3. The van der Waals surface area contributed by atoms with Crippen LogP contribution < -0.4 is 15.3 Å². The Balaban J connectivity index is 1.61. The molecule has 1 N–H and O–H groups in total. The van der Waals surface area contributed by atoms with Crippen LogP contribution >= 0.6 is 0 Å². The number of H-pyrrole nitrogens is 1. The predicted molar refractivity (Wildman–Crippen MR) is 143 cm³/mol. The maximum absolute atomic E-state index is 15.3. The van der Waals surface area contributed by atoms with E-state index in [1.165, 1.54) is 33.4 Å². The van der Waals surface area contributed by atoms with Gasteiger partial charge in [0.15, 0.2) is 17.4 Å². The van der Waals surface area contributed by atoms with E-state index in [9.17, 15) is 31.5 Å². The summed E-state index contributed by atoms with van der Waals surface area (Å²) in [7, 11) is 2.48. The first-order valence-electron chi connectivity index (χ1n) is 12.6. The van der Waals surface area contributed by atoms with Crippen LogP contribution in [0.2, 0.25) is 0 Å². The fraction of sp³-hybridized carbons (Fsp3) is 0.214. The molecule has 0 aliphatic carbocycles. The molecule has 0 saturated heterocycles. The quantitative estimate of drug-likeness (QED) is 0.261. The molecule has 5 aromatic rings. The van der Waals surface area contributed by atoms with Gasteiger partial charge in [-0.2, -0.15) is 13.2 Å². The minimum Gasteiger partial charge on any atom is -0.482 e. The van der Waals surface area contributed by atoms with E-state index < -0.39 is 47.3 Å². The topological polar surface area (TPSA) is 98.0 Å². The highest BCUT2D eigenvalue weighted by molar-refractivity contribution is 5.97. The molecule has 2 heterocycles. The summed E-state index contributed by atoms with van der Waals surface area (Å²) in [5.74, 6) is -3.50. The number of rotatable bonds is 7. The summed E-state index contributed by atoms with van der Waals surface area (Å²) in [4.78, 5) is 29.9. The van der Waals surface area contributed by atoms with Crippen molar-refractivity contribution < 1.29 is 35.9 Å². The number of amides is 1. The number of nitrogens with zero attached hydrogens (tertiary/aromatic N) is 5. The smallest absolute Gasteiger partial charge is 0.416 e. The molecule has 0 atom stereocenters. The monoisotopic (exact) mass is 604 g/mol. The largest absolute Gasteiger partial charge is 0.482 e. The van der Waals surface area contributed by atoms with Gasteiger partial charge in [-0.1, -0.05) is 0 Å². The van der Waals surface area contributed by atoms with Crippen LogP contribution in [-0.2, 0) is 31.2 Å². The van der Waals surface area contributed by atoms with E-state index in [1.54, 1.807) is 0 Å². The van der Waals surface area contributed by atoms with Crippen molar-refractivity contribution >= 4 is 22.6 Å². The van der Waals surface area contributed by atoms with Gasteiger partial charge in [-0.25, -0.2) is 18.0 Å². The lowest BCUT2D eigenvalue weighted by Gasteiger charge is -2.18. The highest BCUT2D eigenvalue weighted by Gasteiger charge is 2.33. The molecule has 0 saturated carbocycles. The van der Waals surface area contributed by atoms with Gasteiger partial charge in [-0.15, -0.1) is 10.2 Å². The number of hydrogen-bond donors (Lipinski definition) is 1. The van der Waals surface area contributed by atoms with Crippen molar-refractivity contribution in [2.24, 2.45) is 7.05 Å². The number of aromatic nitrogens is 5. The first-order chi connectivity index (χ1) is 20.3. The number of alkyl halides is 3. The first kappa shape index (κ1) is 29.4. The van der Waals surface area contributed by atoms with Gasteiger partial charge in [0.05, 0.1) is 22.3 Å². The normalized spacial score (nSPS) is 11.7. The number of imidazole rings is 1. The van der Waals surface area contributed by atoms with Gasteiger partial charge in [0.1, 0.15) is 31.1 Å². The third-order valence-corrected chi connectivity index (χ3v) is 6.86. The second-order valence-corrected chi connectivity index (χ2v) is 9.69.